The molecule has 0 radical (unpaired) electrons. The van der Waals surface area contributed by atoms with Gasteiger partial charge in [-0.15, -0.1) is 0 Å². The molecule has 12 heteroatoms. The zero-order valence-corrected chi connectivity index (χ0v) is 22.4. The van der Waals surface area contributed by atoms with E-state index in [-0.39, 0.29) is 36.5 Å². The topological polar surface area (TPSA) is 120 Å². The molecule has 4 rings (SSSR count). The standard InChI is InChI=1S/C26H31FN4O6S/c1-16(2)36-20-6-8-21(9-7-20)38(34,35)30-14-19(12-25(30)28-15-32)31-24-11-18(27)5-10-22(24)23(29-31)13-26(33)37-17(3)4/h5-11,15-17,19,25H,12-14H2,1-4H3,(H,28,32)/t19-,25+/m1/s1. The van der Waals surface area contributed by atoms with Crippen molar-refractivity contribution in [1.82, 2.24) is 19.4 Å². The van der Waals surface area contributed by atoms with Gasteiger partial charge in [-0.2, -0.15) is 9.40 Å². The first-order valence-corrected chi connectivity index (χ1v) is 13.8. The number of carbonyl (C=O) groups is 2. The number of nitrogens with one attached hydrogen (secondary N) is 1. The van der Waals surface area contributed by atoms with Crippen molar-refractivity contribution in [3.63, 3.8) is 0 Å². The highest BCUT2D eigenvalue weighted by Gasteiger charge is 2.42. The molecule has 10 nitrogen and oxygen atoms in total. The number of amides is 1. The van der Waals surface area contributed by atoms with Crippen LogP contribution in [0, 0.1) is 5.82 Å². The minimum atomic E-state index is -4.02. The van der Waals surface area contributed by atoms with Crippen molar-refractivity contribution in [3.05, 3.63) is 54.0 Å². The van der Waals surface area contributed by atoms with Crippen LogP contribution < -0.4 is 10.1 Å². The maximum absolute atomic E-state index is 14.2. The number of hydrogen-bond donors (Lipinski definition) is 1. The summed E-state index contributed by atoms with van der Waals surface area (Å²) in [6.45, 7) is 7.19. The number of rotatable bonds is 10. The second-order valence-corrected chi connectivity index (χ2v) is 11.6. The molecule has 3 aromatic rings. The fourth-order valence-electron chi connectivity index (χ4n) is 4.58. The minimum absolute atomic E-state index is 0.0265. The Balaban J connectivity index is 1.67. The Kier molecular flexibility index (Phi) is 8.02. The normalized spacial score (nSPS) is 18.3. The molecule has 204 valence electrons. The summed E-state index contributed by atoms with van der Waals surface area (Å²) in [7, 11) is -4.02. The monoisotopic (exact) mass is 546 g/mol. The van der Waals surface area contributed by atoms with Gasteiger partial charge in [0, 0.05) is 18.4 Å². The van der Waals surface area contributed by atoms with Crippen LogP contribution in [0.25, 0.3) is 10.9 Å². The fourth-order valence-corrected chi connectivity index (χ4v) is 6.18. The third-order valence-corrected chi connectivity index (χ3v) is 7.96. The lowest BCUT2D eigenvalue weighted by Gasteiger charge is -2.23. The smallest absolute Gasteiger partial charge is 0.312 e. The molecule has 0 saturated carbocycles. The number of ether oxygens (including phenoxy) is 2. The maximum Gasteiger partial charge on any atom is 0.312 e. The van der Waals surface area contributed by atoms with Gasteiger partial charge in [-0.25, -0.2) is 12.8 Å². The number of esters is 1. The first-order valence-electron chi connectivity index (χ1n) is 12.3. The van der Waals surface area contributed by atoms with Crippen molar-refractivity contribution >= 4 is 33.3 Å². The number of benzene rings is 2. The highest BCUT2D eigenvalue weighted by molar-refractivity contribution is 7.89. The molecule has 0 aliphatic carbocycles. The lowest BCUT2D eigenvalue weighted by Crippen LogP contribution is -2.43. The quantitative estimate of drug-likeness (QED) is 0.306. The van der Waals surface area contributed by atoms with Crippen LogP contribution in [0.4, 0.5) is 4.39 Å². The molecule has 2 atom stereocenters. The molecule has 38 heavy (non-hydrogen) atoms. The van der Waals surface area contributed by atoms with E-state index in [1.54, 1.807) is 26.0 Å². The molecule has 1 N–H and O–H groups in total. The van der Waals surface area contributed by atoms with E-state index in [1.165, 1.54) is 39.3 Å². The second-order valence-electron chi connectivity index (χ2n) is 9.67. The average Bonchev–Trinajstić information content (AvgIpc) is 3.40. The number of carbonyl (C=O) groups excluding carboxylic acids is 2. The van der Waals surface area contributed by atoms with Gasteiger partial charge in [0.1, 0.15) is 11.6 Å². The fraction of sp³-hybridized carbons (Fsp3) is 0.423. The van der Waals surface area contributed by atoms with Crippen LogP contribution in [0.15, 0.2) is 47.4 Å². The number of sulfonamides is 1. The first kappa shape index (κ1) is 27.5. The van der Waals surface area contributed by atoms with E-state index in [4.69, 9.17) is 9.47 Å². The van der Waals surface area contributed by atoms with E-state index in [2.05, 4.69) is 10.4 Å². The van der Waals surface area contributed by atoms with Crippen molar-refractivity contribution < 1.29 is 31.9 Å². The summed E-state index contributed by atoms with van der Waals surface area (Å²) in [5.74, 6) is -0.435. The minimum Gasteiger partial charge on any atom is -0.491 e. The van der Waals surface area contributed by atoms with Crippen molar-refractivity contribution in [1.29, 1.82) is 0 Å². The van der Waals surface area contributed by atoms with Crippen LogP contribution >= 0.6 is 0 Å². The lowest BCUT2D eigenvalue weighted by molar-refractivity contribution is -0.146. The van der Waals surface area contributed by atoms with E-state index in [0.717, 1.165) is 0 Å². The second kappa shape index (κ2) is 11.1. The Labute approximate surface area is 220 Å². The Morgan fingerprint density at radius 1 is 1.16 bits per heavy atom. The number of aromatic nitrogens is 2. The molecular formula is C26H31FN4O6S. The Bertz CT molecular complexity index is 1420. The van der Waals surface area contributed by atoms with E-state index in [1.807, 2.05) is 13.8 Å². The number of nitrogens with zero attached hydrogens (tertiary/aromatic N) is 3. The van der Waals surface area contributed by atoms with Gasteiger partial charge in [0.25, 0.3) is 0 Å². The zero-order valence-electron chi connectivity index (χ0n) is 21.6. The maximum atomic E-state index is 14.2. The predicted octanol–water partition coefficient (Wildman–Crippen LogP) is 3.16. The van der Waals surface area contributed by atoms with Gasteiger partial charge in [0.2, 0.25) is 16.4 Å². The van der Waals surface area contributed by atoms with Crippen LogP contribution in [0.3, 0.4) is 0 Å². The van der Waals surface area contributed by atoms with Gasteiger partial charge in [0.15, 0.2) is 0 Å². The zero-order chi connectivity index (χ0) is 27.6. The van der Waals surface area contributed by atoms with Gasteiger partial charge in [-0.3, -0.25) is 14.3 Å². The first-order chi connectivity index (χ1) is 18.0. The largest absolute Gasteiger partial charge is 0.491 e. The van der Waals surface area contributed by atoms with Crippen molar-refractivity contribution in [2.45, 2.75) is 69.8 Å². The van der Waals surface area contributed by atoms with E-state index in [0.29, 0.717) is 28.8 Å². The Morgan fingerprint density at radius 3 is 2.50 bits per heavy atom. The van der Waals surface area contributed by atoms with Gasteiger partial charge < -0.3 is 14.8 Å². The molecule has 0 unspecified atom stereocenters. The Morgan fingerprint density at radius 2 is 1.87 bits per heavy atom. The third kappa shape index (κ3) is 5.81. The SMILES string of the molecule is CC(C)OC(=O)Cc1nn([C@@H]2C[C@@H](NC=O)N(S(=O)(=O)c3ccc(OC(C)C)cc3)C2)c2cc(F)ccc12. The lowest BCUT2D eigenvalue weighted by atomic mass is 10.1. The molecule has 2 heterocycles. The predicted molar refractivity (Wildman–Crippen MR) is 137 cm³/mol. The molecule has 2 aromatic carbocycles. The van der Waals surface area contributed by atoms with Gasteiger partial charge in [0.05, 0.1) is 46.9 Å². The summed E-state index contributed by atoms with van der Waals surface area (Å²) in [6, 6.07) is 9.64. The molecule has 1 aromatic heterocycles. The van der Waals surface area contributed by atoms with Crippen LogP contribution in [0.1, 0.15) is 45.9 Å². The van der Waals surface area contributed by atoms with E-state index < -0.39 is 34.0 Å². The summed E-state index contributed by atoms with van der Waals surface area (Å²) in [4.78, 5) is 23.7. The van der Waals surface area contributed by atoms with Crippen molar-refractivity contribution in [2.24, 2.45) is 0 Å². The van der Waals surface area contributed by atoms with Gasteiger partial charge in [-0.1, -0.05) is 0 Å². The summed E-state index contributed by atoms with van der Waals surface area (Å²) in [5.41, 5.74) is 0.814. The molecular weight excluding hydrogens is 515 g/mol. The highest BCUT2D eigenvalue weighted by atomic mass is 32.2. The van der Waals surface area contributed by atoms with Crippen LogP contribution in [-0.4, -0.2) is 59.8 Å². The summed E-state index contributed by atoms with van der Waals surface area (Å²) in [6.07, 6.45) is -0.704. The van der Waals surface area contributed by atoms with E-state index >= 15 is 0 Å². The summed E-state index contributed by atoms with van der Waals surface area (Å²) >= 11 is 0. The molecule has 1 aliphatic heterocycles. The average molecular weight is 547 g/mol. The van der Waals surface area contributed by atoms with Gasteiger partial charge >= 0.3 is 5.97 Å². The molecule has 1 saturated heterocycles. The molecule has 0 bridgehead atoms. The number of halogens is 1. The molecule has 1 aliphatic rings. The third-order valence-electron chi connectivity index (χ3n) is 6.07. The van der Waals surface area contributed by atoms with Crippen LogP contribution in [0.2, 0.25) is 0 Å². The Hall–Kier alpha value is -3.51. The number of fused-ring (bicyclic) bond motifs is 1. The van der Waals surface area contributed by atoms with Crippen LogP contribution in [0.5, 0.6) is 5.75 Å². The van der Waals surface area contributed by atoms with Gasteiger partial charge in [-0.05, 0) is 70.2 Å². The highest BCUT2D eigenvalue weighted by Crippen LogP contribution is 2.34. The van der Waals surface area contributed by atoms with Crippen LogP contribution in [-0.2, 0) is 30.8 Å². The van der Waals surface area contributed by atoms with Crippen molar-refractivity contribution in [2.75, 3.05) is 6.54 Å². The molecule has 0 spiro atoms. The molecule has 1 amide bonds. The van der Waals surface area contributed by atoms with Crippen molar-refractivity contribution in [3.8, 4) is 5.75 Å². The van der Waals surface area contributed by atoms with E-state index in [9.17, 15) is 22.4 Å². The number of hydrogen-bond acceptors (Lipinski definition) is 7. The summed E-state index contributed by atoms with van der Waals surface area (Å²) in [5, 5.41) is 7.72. The summed E-state index contributed by atoms with van der Waals surface area (Å²) < 4.78 is 55.0. The molecule has 1 fully saturated rings.